The molecule has 1 heterocycles. The molecule has 0 radical (unpaired) electrons. The Morgan fingerprint density at radius 3 is 2.44 bits per heavy atom. The van der Waals surface area contributed by atoms with Crippen LogP contribution in [0.25, 0.3) is 6.08 Å². The number of methoxy groups -OCH3 is 1. The van der Waals surface area contributed by atoms with E-state index in [9.17, 15) is 13.2 Å². The molecule has 0 spiro atoms. The third-order valence-corrected chi connectivity index (χ3v) is 7.12. The normalized spacial score (nSPS) is 16.0. The van der Waals surface area contributed by atoms with E-state index in [1.54, 1.807) is 24.3 Å². The number of amides is 1. The van der Waals surface area contributed by atoms with E-state index in [-0.39, 0.29) is 27.3 Å². The molecule has 34 heavy (non-hydrogen) atoms. The summed E-state index contributed by atoms with van der Waals surface area (Å²) in [5.41, 5.74) is 2.16. The Bertz CT molecular complexity index is 1400. The number of carbonyl (C=O) groups excluding carboxylic acids is 1. The predicted molar refractivity (Wildman–Crippen MR) is 134 cm³/mol. The predicted octanol–water partition coefficient (Wildman–Crippen LogP) is 5.32. The van der Waals surface area contributed by atoms with E-state index in [4.69, 9.17) is 20.5 Å². The molecule has 0 unspecified atom stereocenters. The lowest BCUT2D eigenvalue weighted by Crippen LogP contribution is -2.19. The van der Waals surface area contributed by atoms with Gasteiger partial charge in [0.2, 0.25) is 5.75 Å². The number of rotatable bonds is 6. The number of amidine groups is 1. The Labute approximate surface area is 206 Å². The minimum absolute atomic E-state index is 0.00771. The van der Waals surface area contributed by atoms with Crippen molar-refractivity contribution >= 4 is 56.3 Å². The van der Waals surface area contributed by atoms with Gasteiger partial charge in [-0.3, -0.25) is 4.79 Å². The first-order valence-electron chi connectivity index (χ1n) is 9.98. The molecule has 0 bridgehead atoms. The number of nitrogens with zero attached hydrogens (tertiary/aromatic N) is 1. The van der Waals surface area contributed by atoms with Crippen molar-refractivity contribution in [3.63, 3.8) is 0 Å². The summed E-state index contributed by atoms with van der Waals surface area (Å²) in [5.74, 6) is -0.338. The van der Waals surface area contributed by atoms with Crippen LogP contribution >= 0.6 is 23.4 Å². The van der Waals surface area contributed by atoms with Gasteiger partial charge in [0.1, 0.15) is 4.90 Å². The summed E-state index contributed by atoms with van der Waals surface area (Å²) in [6, 6.07) is 18.5. The van der Waals surface area contributed by atoms with Crippen molar-refractivity contribution in [2.75, 3.05) is 7.11 Å². The smallest absolute Gasteiger partial charge is 0.339 e. The fourth-order valence-electron chi connectivity index (χ4n) is 3.02. The number of thioether (sulfide) groups is 1. The maximum absolute atomic E-state index is 12.7. The molecule has 1 aliphatic heterocycles. The van der Waals surface area contributed by atoms with Crippen LogP contribution in [0, 0.1) is 6.92 Å². The highest BCUT2D eigenvalue weighted by Crippen LogP contribution is 2.39. The van der Waals surface area contributed by atoms with E-state index >= 15 is 0 Å². The SMILES string of the molecule is COc1cc(/C=C2\SC(=Nc3ccccc3)NC2=O)cc(Cl)c1OS(=O)(=O)c1ccc(C)cc1. The summed E-state index contributed by atoms with van der Waals surface area (Å²) >= 11 is 7.54. The van der Waals surface area contributed by atoms with Crippen LogP contribution in [0.4, 0.5) is 5.69 Å². The van der Waals surface area contributed by atoms with Crippen molar-refractivity contribution in [1.29, 1.82) is 0 Å². The van der Waals surface area contributed by atoms with Crippen LogP contribution in [0.5, 0.6) is 11.5 Å². The van der Waals surface area contributed by atoms with Crippen LogP contribution in [-0.4, -0.2) is 26.6 Å². The lowest BCUT2D eigenvalue weighted by Gasteiger charge is -2.13. The fourth-order valence-corrected chi connectivity index (χ4v) is 5.12. The molecule has 4 rings (SSSR count). The third-order valence-electron chi connectivity index (χ3n) is 4.69. The summed E-state index contributed by atoms with van der Waals surface area (Å²) in [6.45, 7) is 1.85. The first-order valence-corrected chi connectivity index (χ1v) is 12.6. The molecule has 0 aliphatic carbocycles. The van der Waals surface area contributed by atoms with E-state index in [1.807, 2.05) is 37.3 Å². The number of hydrogen-bond acceptors (Lipinski definition) is 7. The second-order valence-electron chi connectivity index (χ2n) is 7.20. The molecule has 0 saturated carbocycles. The minimum atomic E-state index is -4.13. The number of para-hydroxylation sites is 1. The molecule has 1 fully saturated rings. The standard InChI is InChI=1S/C24H19ClN2O5S2/c1-15-8-10-18(11-9-15)34(29,30)32-22-19(25)12-16(13-20(22)31-2)14-21-23(28)27-24(33-21)26-17-6-4-3-5-7-17/h3-14H,1-2H3,(H,26,27,28)/b21-14-. The molecular weight excluding hydrogens is 496 g/mol. The molecule has 1 aliphatic rings. The monoisotopic (exact) mass is 514 g/mol. The largest absolute Gasteiger partial charge is 0.493 e. The maximum atomic E-state index is 12.7. The Hall–Kier alpha value is -3.27. The molecule has 1 N–H and O–H groups in total. The van der Waals surface area contributed by atoms with Gasteiger partial charge in [0.05, 0.1) is 22.7 Å². The van der Waals surface area contributed by atoms with Crippen LogP contribution in [0.15, 0.2) is 81.5 Å². The fraction of sp³-hybridized carbons (Fsp3) is 0.0833. The quantitative estimate of drug-likeness (QED) is 0.353. The van der Waals surface area contributed by atoms with Crippen LogP contribution in [-0.2, 0) is 14.9 Å². The lowest BCUT2D eigenvalue weighted by atomic mass is 10.2. The first kappa shape index (κ1) is 23.9. The van der Waals surface area contributed by atoms with Gasteiger partial charge in [0.25, 0.3) is 5.91 Å². The number of aliphatic imine (C=N–C) groups is 1. The number of ether oxygens (including phenoxy) is 1. The lowest BCUT2D eigenvalue weighted by molar-refractivity contribution is -0.115. The van der Waals surface area contributed by atoms with Gasteiger partial charge in [-0.25, -0.2) is 4.99 Å². The summed E-state index contributed by atoms with van der Waals surface area (Å²) < 4.78 is 36.0. The zero-order valence-electron chi connectivity index (χ0n) is 18.1. The highest BCUT2D eigenvalue weighted by Gasteiger charge is 2.25. The second-order valence-corrected chi connectivity index (χ2v) is 10.2. The van der Waals surface area contributed by atoms with Crippen LogP contribution in [0.3, 0.4) is 0 Å². The van der Waals surface area contributed by atoms with E-state index in [2.05, 4.69) is 10.3 Å². The molecule has 0 atom stereocenters. The zero-order valence-corrected chi connectivity index (χ0v) is 20.5. The summed E-state index contributed by atoms with van der Waals surface area (Å²) in [5, 5.41) is 3.18. The minimum Gasteiger partial charge on any atom is -0.493 e. The van der Waals surface area contributed by atoms with Crippen molar-refractivity contribution in [2.45, 2.75) is 11.8 Å². The average Bonchev–Trinajstić information content (AvgIpc) is 3.14. The molecule has 7 nitrogen and oxygen atoms in total. The highest BCUT2D eigenvalue weighted by atomic mass is 35.5. The highest BCUT2D eigenvalue weighted by molar-refractivity contribution is 8.18. The maximum Gasteiger partial charge on any atom is 0.339 e. The molecule has 0 aromatic heterocycles. The first-order chi connectivity index (χ1) is 16.2. The van der Waals surface area contributed by atoms with Gasteiger partial charge in [0, 0.05) is 0 Å². The van der Waals surface area contributed by atoms with Gasteiger partial charge in [-0.2, -0.15) is 8.42 Å². The van der Waals surface area contributed by atoms with Gasteiger partial charge in [0.15, 0.2) is 10.9 Å². The number of halogens is 1. The van der Waals surface area contributed by atoms with Crippen molar-refractivity contribution in [2.24, 2.45) is 4.99 Å². The zero-order chi connectivity index (χ0) is 24.3. The molecule has 174 valence electrons. The number of aryl methyl sites for hydroxylation is 1. The Morgan fingerprint density at radius 1 is 1.06 bits per heavy atom. The van der Waals surface area contributed by atoms with Gasteiger partial charge in [-0.1, -0.05) is 47.5 Å². The van der Waals surface area contributed by atoms with Gasteiger partial charge in [-0.05, 0) is 66.7 Å². The summed E-state index contributed by atoms with van der Waals surface area (Å²) in [6.07, 6.45) is 1.61. The van der Waals surface area contributed by atoms with Crippen molar-refractivity contribution in [3.05, 3.63) is 87.8 Å². The van der Waals surface area contributed by atoms with Crippen LogP contribution < -0.4 is 14.2 Å². The van der Waals surface area contributed by atoms with Crippen LogP contribution in [0.2, 0.25) is 5.02 Å². The molecule has 1 amide bonds. The summed E-state index contributed by atoms with van der Waals surface area (Å²) in [4.78, 5) is 17.2. The number of carbonyl (C=O) groups is 1. The van der Waals surface area contributed by atoms with Gasteiger partial charge >= 0.3 is 10.1 Å². The third kappa shape index (κ3) is 5.44. The molecule has 3 aromatic rings. The summed E-state index contributed by atoms with van der Waals surface area (Å²) in [7, 11) is -2.76. The van der Waals surface area contributed by atoms with E-state index in [1.165, 1.54) is 37.1 Å². The number of nitrogens with one attached hydrogen (secondary N) is 1. The Kier molecular flexibility index (Phi) is 6.97. The van der Waals surface area contributed by atoms with E-state index in [0.29, 0.717) is 21.3 Å². The topological polar surface area (TPSA) is 94.1 Å². The number of benzene rings is 3. The molecule has 10 heteroatoms. The van der Waals surface area contributed by atoms with Crippen molar-refractivity contribution < 1.29 is 22.1 Å². The molecule has 3 aromatic carbocycles. The molecule has 1 saturated heterocycles. The Morgan fingerprint density at radius 2 is 1.76 bits per heavy atom. The van der Waals surface area contributed by atoms with Gasteiger partial charge in [-0.15, -0.1) is 0 Å². The van der Waals surface area contributed by atoms with Crippen molar-refractivity contribution in [1.82, 2.24) is 5.32 Å². The van der Waals surface area contributed by atoms with Crippen molar-refractivity contribution in [3.8, 4) is 11.5 Å². The second kappa shape index (κ2) is 9.92. The van der Waals surface area contributed by atoms with E-state index < -0.39 is 10.1 Å². The molecular formula is C24H19ClN2O5S2. The van der Waals surface area contributed by atoms with Gasteiger partial charge < -0.3 is 14.2 Å². The number of hydrogen-bond donors (Lipinski definition) is 1. The van der Waals surface area contributed by atoms with Crippen LogP contribution in [0.1, 0.15) is 11.1 Å². The van der Waals surface area contributed by atoms with E-state index in [0.717, 1.165) is 5.56 Å². The Balaban J connectivity index is 1.61. The average molecular weight is 515 g/mol.